The van der Waals surface area contributed by atoms with Crippen molar-refractivity contribution in [3.8, 4) is 17.2 Å². The lowest BCUT2D eigenvalue weighted by molar-refractivity contribution is -0.118. The molecule has 7 nitrogen and oxygen atoms in total. The number of anilines is 1. The molecule has 0 aliphatic carbocycles. The molecule has 0 aromatic heterocycles. The van der Waals surface area contributed by atoms with Crippen LogP contribution in [0.3, 0.4) is 0 Å². The van der Waals surface area contributed by atoms with Crippen LogP contribution in [0.5, 0.6) is 17.2 Å². The Hall–Kier alpha value is -3.22. The number of methoxy groups -OCH3 is 2. The van der Waals surface area contributed by atoms with Gasteiger partial charge in [-0.1, -0.05) is 13.8 Å². The second kappa shape index (κ2) is 10.4. The largest absolute Gasteiger partial charge is 0.497 e. The summed E-state index contributed by atoms with van der Waals surface area (Å²) in [6.45, 7) is 6.18. The maximum absolute atomic E-state index is 12.9. The first-order valence-corrected chi connectivity index (χ1v) is 9.46. The molecule has 0 aliphatic rings. The Bertz CT molecular complexity index is 834. The van der Waals surface area contributed by atoms with E-state index in [2.05, 4.69) is 10.6 Å². The summed E-state index contributed by atoms with van der Waals surface area (Å²) >= 11 is 0. The normalized spacial score (nSPS) is 11.5. The third-order valence-electron chi connectivity index (χ3n) is 4.33. The second-order valence-corrected chi connectivity index (χ2v) is 6.71. The van der Waals surface area contributed by atoms with Gasteiger partial charge in [0.15, 0.2) is 0 Å². The lowest BCUT2D eigenvalue weighted by atomic mass is 10.0. The Morgan fingerprint density at radius 1 is 0.966 bits per heavy atom. The van der Waals surface area contributed by atoms with Crippen molar-refractivity contribution < 1.29 is 23.8 Å². The summed E-state index contributed by atoms with van der Waals surface area (Å²) < 4.78 is 15.9. The molecule has 0 aliphatic heterocycles. The van der Waals surface area contributed by atoms with Crippen molar-refractivity contribution >= 4 is 17.5 Å². The van der Waals surface area contributed by atoms with Gasteiger partial charge < -0.3 is 24.8 Å². The fourth-order valence-corrected chi connectivity index (χ4v) is 2.74. The van der Waals surface area contributed by atoms with Gasteiger partial charge in [0.2, 0.25) is 5.91 Å². The van der Waals surface area contributed by atoms with Crippen LogP contribution in [0.25, 0.3) is 0 Å². The first-order chi connectivity index (χ1) is 13.9. The molecule has 156 valence electrons. The van der Waals surface area contributed by atoms with Crippen molar-refractivity contribution in [3.05, 3.63) is 48.0 Å². The van der Waals surface area contributed by atoms with Crippen LogP contribution in [-0.2, 0) is 4.79 Å². The Labute approximate surface area is 171 Å². The van der Waals surface area contributed by atoms with Gasteiger partial charge in [-0.05, 0) is 49.2 Å². The number of ether oxygens (including phenoxy) is 3. The lowest BCUT2D eigenvalue weighted by Crippen LogP contribution is -2.47. The molecule has 0 bridgehead atoms. The van der Waals surface area contributed by atoms with Gasteiger partial charge in [-0.3, -0.25) is 9.59 Å². The highest BCUT2D eigenvalue weighted by molar-refractivity contribution is 6.01. The SMILES string of the molecule is CCOc1ccc(C(=O)N[C@H](C(=O)Nc2ccc(OC)cc2OC)C(C)C)cc1. The molecule has 0 saturated carbocycles. The molecule has 0 unspecified atom stereocenters. The quantitative estimate of drug-likeness (QED) is 0.673. The molecule has 0 heterocycles. The molecule has 2 N–H and O–H groups in total. The number of carbonyl (C=O) groups is 2. The predicted octanol–water partition coefficient (Wildman–Crippen LogP) is 3.50. The summed E-state index contributed by atoms with van der Waals surface area (Å²) in [5, 5.41) is 5.63. The van der Waals surface area contributed by atoms with Crippen molar-refractivity contribution in [3.63, 3.8) is 0 Å². The third kappa shape index (κ3) is 5.88. The number of carbonyl (C=O) groups excluding carboxylic acids is 2. The van der Waals surface area contributed by atoms with Crippen LogP contribution in [0.4, 0.5) is 5.69 Å². The zero-order valence-corrected chi connectivity index (χ0v) is 17.4. The molecule has 0 fully saturated rings. The second-order valence-electron chi connectivity index (χ2n) is 6.71. The number of amides is 2. The zero-order valence-electron chi connectivity index (χ0n) is 17.4. The minimum atomic E-state index is -0.721. The van der Waals surface area contributed by atoms with Crippen LogP contribution >= 0.6 is 0 Å². The average Bonchev–Trinajstić information content (AvgIpc) is 2.72. The summed E-state index contributed by atoms with van der Waals surface area (Å²) in [4.78, 5) is 25.5. The van der Waals surface area contributed by atoms with E-state index in [0.29, 0.717) is 35.1 Å². The van der Waals surface area contributed by atoms with Crippen LogP contribution in [-0.4, -0.2) is 38.7 Å². The van der Waals surface area contributed by atoms with Gasteiger partial charge >= 0.3 is 0 Å². The fraction of sp³-hybridized carbons (Fsp3) is 0.364. The highest BCUT2D eigenvalue weighted by atomic mass is 16.5. The molecule has 1 atom stereocenters. The van der Waals surface area contributed by atoms with Gasteiger partial charge in [0.25, 0.3) is 5.91 Å². The molecular weight excluding hydrogens is 372 g/mol. The summed E-state index contributed by atoms with van der Waals surface area (Å²) in [5.41, 5.74) is 0.952. The average molecular weight is 400 g/mol. The van der Waals surface area contributed by atoms with E-state index in [1.54, 1.807) is 49.6 Å². The van der Waals surface area contributed by atoms with Crippen LogP contribution in [0, 0.1) is 5.92 Å². The molecule has 2 aromatic carbocycles. The minimum absolute atomic E-state index is 0.120. The molecule has 0 spiro atoms. The Morgan fingerprint density at radius 2 is 1.62 bits per heavy atom. The summed E-state index contributed by atoms with van der Waals surface area (Å²) in [5.74, 6) is 0.994. The molecular formula is C22H28N2O5. The first kappa shape index (κ1) is 22.1. The van der Waals surface area contributed by atoms with Gasteiger partial charge in [-0.15, -0.1) is 0 Å². The molecule has 29 heavy (non-hydrogen) atoms. The van der Waals surface area contributed by atoms with Crippen molar-refractivity contribution in [2.45, 2.75) is 26.8 Å². The van der Waals surface area contributed by atoms with Crippen LogP contribution in [0.2, 0.25) is 0 Å². The molecule has 2 aromatic rings. The smallest absolute Gasteiger partial charge is 0.251 e. The monoisotopic (exact) mass is 400 g/mol. The number of nitrogens with one attached hydrogen (secondary N) is 2. The number of hydrogen-bond donors (Lipinski definition) is 2. The molecule has 2 amide bonds. The van der Waals surface area contributed by atoms with E-state index in [9.17, 15) is 9.59 Å². The van der Waals surface area contributed by atoms with E-state index < -0.39 is 6.04 Å². The number of rotatable bonds is 9. The van der Waals surface area contributed by atoms with Crippen molar-refractivity contribution in [1.82, 2.24) is 5.32 Å². The molecule has 2 rings (SSSR count). The third-order valence-corrected chi connectivity index (χ3v) is 4.33. The van der Waals surface area contributed by atoms with E-state index in [-0.39, 0.29) is 17.7 Å². The summed E-state index contributed by atoms with van der Waals surface area (Å²) in [7, 11) is 3.07. The van der Waals surface area contributed by atoms with Crippen LogP contribution in [0.1, 0.15) is 31.1 Å². The highest BCUT2D eigenvalue weighted by Crippen LogP contribution is 2.29. The highest BCUT2D eigenvalue weighted by Gasteiger charge is 2.25. The van der Waals surface area contributed by atoms with E-state index in [1.165, 1.54) is 7.11 Å². The van der Waals surface area contributed by atoms with Gasteiger partial charge in [-0.25, -0.2) is 0 Å². The zero-order chi connectivity index (χ0) is 21.4. The van der Waals surface area contributed by atoms with Gasteiger partial charge in [0, 0.05) is 11.6 Å². The topological polar surface area (TPSA) is 85.9 Å². The predicted molar refractivity (Wildman–Crippen MR) is 112 cm³/mol. The summed E-state index contributed by atoms with van der Waals surface area (Å²) in [6.07, 6.45) is 0. The molecule has 0 radical (unpaired) electrons. The maximum atomic E-state index is 12.9. The fourth-order valence-electron chi connectivity index (χ4n) is 2.74. The van der Waals surface area contributed by atoms with E-state index in [1.807, 2.05) is 20.8 Å². The van der Waals surface area contributed by atoms with Gasteiger partial charge in [-0.2, -0.15) is 0 Å². The van der Waals surface area contributed by atoms with Crippen molar-refractivity contribution in [2.24, 2.45) is 5.92 Å². The maximum Gasteiger partial charge on any atom is 0.251 e. The minimum Gasteiger partial charge on any atom is -0.497 e. The van der Waals surface area contributed by atoms with Gasteiger partial charge in [0.05, 0.1) is 26.5 Å². The molecule has 7 heteroatoms. The van der Waals surface area contributed by atoms with E-state index in [4.69, 9.17) is 14.2 Å². The van der Waals surface area contributed by atoms with E-state index in [0.717, 1.165) is 0 Å². The number of benzene rings is 2. The van der Waals surface area contributed by atoms with Crippen LogP contribution < -0.4 is 24.8 Å². The van der Waals surface area contributed by atoms with Crippen molar-refractivity contribution in [1.29, 1.82) is 0 Å². The Morgan fingerprint density at radius 3 is 2.17 bits per heavy atom. The van der Waals surface area contributed by atoms with Crippen molar-refractivity contribution in [2.75, 3.05) is 26.1 Å². The number of hydrogen-bond acceptors (Lipinski definition) is 5. The molecule has 0 saturated heterocycles. The standard InChI is InChI=1S/C22H28N2O5/c1-6-29-16-9-7-15(8-10-16)21(25)24-20(14(2)3)22(26)23-18-12-11-17(27-4)13-19(18)28-5/h7-14,20H,6H2,1-5H3,(H,23,26)(H,24,25)/t20-/m0/s1. The Kier molecular flexibility index (Phi) is 7.88. The Balaban J connectivity index is 2.12. The van der Waals surface area contributed by atoms with Gasteiger partial charge in [0.1, 0.15) is 23.3 Å². The summed E-state index contributed by atoms with van der Waals surface area (Å²) in [6, 6.07) is 11.2. The first-order valence-electron chi connectivity index (χ1n) is 9.46. The lowest BCUT2D eigenvalue weighted by Gasteiger charge is -2.22. The van der Waals surface area contributed by atoms with Crippen LogP contribution in [0.15, 0.2) is 42.5 Å². The van der Waals surface area contributed by atoms with E-state index >= 15 is 0 Å².